The highest BCUT2D eigenvalue weighted by atomic mass is 32.2. The second-order valence-electron chi connectivity index (χ2n) is 7.35. The topological polar surface area (TPSA) is 92.8 Å². The summed E-state index contributed by atoms with van der Waals surface area (Å²) in [7, 11) is -3.55. The summed E-state index contributed by atoms with van der Waals surface area (Å²) < 4.78 is 44.7. The zero-order chi connectivity index (χ0) is 22.4. The Morgan fingerprint density at radius 1 is 1.13 bits per heavy atom. The van der Waals surface area contributed by atoms with Crippen LogP contribution in [0.15, 0.2) is 48.5 Å². The first kappa shape index (κ1) is 22.9. The summed E-state index contributed by atoms with van der Waals surface area (Å²) in [5.74, 6) is -1.62. The monoisotopic (exact) mass is 448 g/mol. The van der Waals surface area contributed by atoms with Crippen LogP contribution in [-0.2, 0) is 25.3 Å². The molecule has 3 rings (SSSR count). The van der Waals surface area contributed by atoms with Crippen molar-refractivity contribution in [1.29, 1.82) is 0 Å². The highest BCUT2D eigenvalue weighted by Crippen LogP contribution is 2.23. The van der Waals surface area contributed by atoms with Gasteiger partial charge in [-0.25, -0.2) is 21.9 Å². The first-order chi connectivity index (χ1) is 14.8. The maximum Gasteiger partial charge on any atom is 0.338 e. The molecule has 0 bridgehead atoms. The Hall–Kier alpha value is -2.78. The van der Waals surface area contributed by atoms with Crippen LogP contribution in [0.1, 0.15) is 35.7 Å². The van der Waals surface area contributed by atoms with Crippen LogP contribution in [0, 0.1) is 11.7 Å². The molecular formula is C22H25FN2O5S. The summed E-state index contributed by atoms with van der Waals surface area (Å²) in [6.07, 6.45) is 0.790. The highest BCUT2D eigenvalue weighted by Gasteiger charge is 2.31. The van der Waals surface area contributed by atoms with E-state index in [4.69, 9.17) is 4.74 Å². The number of hydrogen-bond acceptors (Lipinski definition) is 5. The molecule has 0 aliphatic carbocycles. The van der Waals surface area contributed by atoms with Gasteiger partial charge >= 0.3 is 5.97 Å². The van der Waals surface area contributed by atoms with Crippen molar-refractivity contribution in [2.75, 3.05) is 25.0 Å². The molecule has 1 fully saturated rings. The molecule has 9 heteroatoms. The molecule has 166 valence electrons. The van der Waals surface area contributed by atoms with E-state index in [0.717, 1.165) is 0 Å². The van der Waals surface area contributed by atoms with Crippen LogP contribution in [0.2, 0.25) is 0 Å². The minimum Gasteiger partial charge on any atom is -0.462 e. The fourth-order valence-electron chi connectivity index (χ4n) is 3.46. The highest BCUT2D eigenvalue weighted by molar-refractivity contribution is 7.88. The summed E-state index contributed by atoms with van der Waals surface area (Å²) in [4.78, 5) is 24.5. The van der Waals surface area contributed by atoms with Crippen LogP contribution >= 0.6 is 0 Å². The Balaban J connectivity index is 1.55. The first-order valence-electron chi connectivity index (χ1n) is 10.1. The number of nitrogens with zero attached hydrogens (tertiary/aromatic N) is 1. The number of carbonyl (C=O) groups is 2. The number of benzene rings is 2. The number of nitrogens with one attached hydrogen (secondary N) is 1. The Labute approximate surface area is 181 Å². The van der Waals surface area contributed by atoms with Crippen molar-refractivity contribution in [2.45, 2.75) is 25.5 Å². The third kappa shape index (κ3) is 6.11. The summed E-state index contributed by atoms with van der Waals surface area (Å²) >= 11 is 0. The lowest BCUT2D eigenvalue weighted by molar-refractivity contribution is -0.120. The molecule has 0 radical (unpaired) electrons. The fourth-order valence-corrected chi connectivity index (χ4v) is 5.02. The minimum atomic E-state index is -3.55. The average molecular weight is 449 g/mol. The van der Waals surface area contributed by atoms with Gasteiger partial charge < -0.3 is 10.1 Å². The Morgan fingerprint density at radius 2 is 1.81 bits per heavy atom. The maximum absolute atomic E-state index is 13.0. The summed E-state index contributed by atoms with van der Waals surface area (Å²) in [6, 6.07) is 11.9. The Kier molecular flexibility index (Phi) is 7.40. The van der Waals surface area contributed by atoms with Gasteiger partial charge in [-0.05, 0) is 55.7 Å². The van der Waals surface area contributed by atoms with Crippen molar-refractivity contribution >= 4 is 27.6 Å². The molecule has 1 aliphatic heterocycles. The van der Waals surface area contributed by atoms with E-state index in [1.807, 2.05) is 0 Å². The van der Waals surface area contributed by atoms with Crippen molar-refractivity contribution in [2.24, 2.45) is 5.92 Å². The lowest BCUT2D eigenvalue weighted by atomic mass is 9.97. The standard InChI is InChI=1S/C22H25FN2O5S/c1-2-30-22(27)18-4-3-5-20(14-18)24-21(26)17-10-12-25(13-11-17)31(28,29)15-16-6-8-19(23)9-7-16/h3-9,14,17H,2,10-13,15H2,1H3,(H,24,26). The zero-order valence-corrected chi connectivity index (χ0v) is 18.0. The molecule has 1 saturated heterocycles. The molecule has 7 nitrogen and oxygen atoms in total. The number of piperidine rings is 1. The summed E-state index contributed by atoms with van der Waals surface area (Å²) in [5.41, 5.74) is 1.35. The zero-order valence-electron chi connectivity index (χ0n) is 17.2. The van der Waals surface area contributed by atoms with Crippen molar-refractivity contribution in [3.8, 4) is 0 Å². The first-order valence-corrected chi connectivity index (χ1v) is 11.7. The van der Waals surface area contributed by atoms with E-state index < -0.39 is 21.8 Å². The molecule has 31 heavy (non-hydrogen) atoms. The van der Waals surface area contributed by atoms with E-state index >= 15 is 0 Å². The predicted octanol–water partition coefficient (Wildman–Crippen LogP) is 3.18. The number of carbonyl (C=O) groups excluding carboxylic acids is 2. The van der Waals surface area contributed by atoms with Gasteiger partial charge in [-0.15, -0.1) is 0 Å². The van der Waals surface area contributed by atoms with Gasteiger partial charge in [0.25, 0.3) is 0 Å². The molecule has 1 amide bonds. The van der Waals surface area contributed by atoms with Gasteiger partial charge in [0, 0.05) is 24.7 Å². The molecule has 1 N–H and O–H groups in total. The van der Waals surface area contributed by atoms with Gasteiger partial charge in [-0.1, -0.05) is 18.2 Å². The lowest BCUT2D eigenvalue weighted by Crippen LogP contribution is -2.41. The van der Waals surface area contributed by atoms with E-state index in [9.17, 15) is 22.4 Å². The number of amides is 1. The van der Waals surface area contributed by atoms with Crippen LogP contribution < -0.4 is 5.32 Å². The number of hydrogen-bond donors (Lipinski definition) is 1. The molecular weight excluding hydrogens is 423 g/mol. The molecule has 0 aromatic heterocycles. The molecule has 0 spiro atoms. The second-order valence-corrected chi connectivity index (χ2v) is 9.32. The lowest BCUT2D eigenvalue weighted by Gasteiger charge is -2.30. The molecule has 1 heterocycles. The van der Waals surface area contributed by atoms with E-state index in [0.29, 0.717) is 29.7 Å². The van der Waals surface area contributed by atoms with E-state index in [-0.39, 0.29) is 37.3 Å². The SMILES string of the molecule is CCOC(=O)c1cccc(NC(=O)C2CCN(S(=O)(=O)Cc3ccc(F)cc3)CC2)c1. The molecule has 2 aromatic rings. The van der Waals surface area contributed by atoms with Crippen molar-refractivity contribution in [1.82, 2.24) is 4.31 Å². The number of anilines is 1. The van der Waals surface area contributed by atoms with E-state index in [1.54, 1.807) is 31.2 Å². The Bertz CT molecular complexity index is 1030. The van der Waals surface area contributed by atoms with E-state index in [1.165, 1.54) is 28.6 Å². The van der Waals surface area contributed by atoms with Gasteiger partial charge in [-0.2, -0.15) is 0 Å². The largest absolute Gasteiger partial charge is 0.462 e. The fraction of sp³-hybridized carbons (Fsp3) is 0.364. The van der Waals surface area contributed by atoms with Crippen molar-refractivity contribution < 1.29 is 27.1 Å². The summed E-state index contributed by atoms with van der Waals surface area (Å²) in [6.45, 7) is 2.46. The van der Waals surface area contributed by atoms with E-state index in [2.05, 4.69) is 5.32 Å². The van der Waals surface area contributed by atoms with Gasteiger partial charge in [0.05, 0.1) is 17.9 Å². The Morgan fingerprint density at radius 3 is 2.45 bits per heavy atom. The van der Waals surface area contributed by atoms with Gasteiger partial charge in [-0.3, -0.25) is 4.79 Å². The van der Waals surface area contributed by atoms with Crippen molar-refractivity contribution in [3.63, 3.8) is 0 Å². The van der Waals surface area contributed by atoms with Crippen molar-refractivity contribution in [3.05, 3.63) is 65.5 Å². The van der Waals surface area contributed by atoms with Crippen LogP contribution in [0.5, 0.6) is 0 Å². The normalized spacial score (nSPS) is 15.4. The third-order valence-corrected chi connectivity index (χ3v) is 6.97. The number of sulfonamides is 1. The quantitative estimate of drug-likeness (QED) is 0.657. The number of esters is 1. The molecule has 0 saturated carbocycles. The molecule has 2 aromatic carbocycles. The van der Waals surface area contributed by atoms with Gasteiger partial charge in [0.1, 0.15) is 5.82 Å². The average Bonchev–Trinajstić information content (AvgIpc) is 2.75. The van der Waals surface area contributed by atoms with Gasteiger partial charge in [0.2, 0.25) is 15.9 Å². The smallest absolute Gasteiger partial charge is 0.338 e. The number of halogens is 1. The predicted molar refractivity (Wildman–Crippen MR) is 114 cm³/mol. The van der Waals surface area contributed by atoms with Crippen LogP contribution in [0.25, 0.3) is 0 Å². The number of ether oxygens (including phenoxy) is 1. The summed E-state index contributed by atoms with van der Waals surface area (Å²) in [5, 5.41) is 2.80. The maximum atomic E-state index is 13.0. The number of rotatable bonds is 7. The molecule has 1 aliphatic rings. The second kappa shape index (κ2) is 10.0. The minimum absolute atomic E-state index is 0.204. The molecule has 0 atom stereocenters. The van der Waals surface area contributed by atoms with Crippen LogP contribution in [-0.4, -0.2) is 44.3 Å². The van der Waals surface area contributed by atoms with Crippen LogP contribution in [0.4, 0.5) is 10.1 Å². The van der Waals surface area contributed by atoms with Crippen LogP contribution in [0.3, 0.4) is 0 Å². The third-order valence-electron chi connectivity index (χ3n) is 5.12. The molecule has 0 unspecified atom stereocenters. The van der Waals surface area contributed by atoms with Gasteiger partial charge in [0.15, 0.2) is 0 Å².